The van der Waals surface area contributed by atoms with Gasteiger partial charge in [-0.3, -0.25) is 4.79 Å². The molecule has 2 aromatic carbocycles. The monoisotopic (exact) mass is 373 g/mol. The Balaban J connectivity index is 2.03. The van der Waals surface area contributed by atoms with Crippen molar-refractivity contribution in [3.63, 3.8) is 0 Å². The van der Waals surface area contributed by atoms with Gasteiger partial charge >= 0.3 is 5.97 Å². The standard InChI is InChI=1S/C21H27NO5/c1-4-25-19-10-9-16(13-20(19)26-5-2)14-27-17-8-6-7-15(11-17)12-18(22)21(23)24-3/h6-11,13,18H,4-5,12,14,22H2,1-3H3. The number of hydrogen-bond acceptors (Lipinski definition) is 6. The molecule has 0 amide bonds. The number of hydrogen-bond donors (Lipinski definition) is 1. The number of methoxy groups -OCH3 is 1. The summed E-state index contributed by atoms with van der Waals surface area (Å²) in [6.07, 6.45) is 0.390. The van der Waals surface area contributed by atoms with E-state index in [4.69, 9.17) is 19.9 Å². The van der Waals surface area contributed by atoms with E-state index in [1.54, 1.807) is 0 Å². The molecule has 1 unspecified atom stereocenters. The first-order valence-electron chi connectivity index (χ1n) is 9.01. The summed E-state index contributed by atoms with van der Waals surface area (Å²) < 4.78 is 21.8. The van der Waals surface area contributed by atoms with E-state index in [0.29, 0.717) is 37.7 Å². The molecule has 6 heteroatoms. The summed E-state index contributed by atoms with van der Waals surface area (Å²) in [5.74, 6) is 1.70. The minimum atomic E-state index is -0.690. The summed E-state index contributed by atoms with van der Waals surface area (Å²) in [5, 5.41) is 0. The summed E-state index contributed by atoms with van der Waals surface area (Å²) >= 11 is 0. The van der Waals surface area contributed by atoms with Crippen LogP contribution in [0.2, 0.25) is 0 Å². The fourth-order valence-electron chi connectivity index (χ4n) is 2.60. The van der Waals surface area contributed by atoms with Crippen LogP contribution >= 0.6 is 0 Å². The van der Waals surface area contributed by atoms with Gasteiger partial charge in [0.1, 0.15) is 18.4 Å². The molecule has 0 heterocycles. The van der Waals surface area contributed by atoms with Gasteiger partial charge in [-0.2, -0.15) is 0 Å². The molecular formula is C21H27NO5. The molecule has 0 aliphatic carbocycles. The Kier molecular flexibility index (Phi) is 7.95. The van der Waals surface area contributed by atoms with Crippen LogP contribution in [-0.4, -0.2) is 32.3 Å². The first-order chi connectivity index (χ1) is 13.1. The second kappa shape index (κ2) is 10.4. The summed E-state index contributed by atoms with van der Waals surface area (Å²) in [6.45, 7) is 5.40. The van der Waals surface area contributed by atoms with E-state index in [9.17, 15) is 4.79 Å². The quantitative estimate of drug-likeness (QED) is 0.645. The van der Waals surface area contributed by atoms with E-state index in [1.165, 1.54) is 7.11 Å². The fourth-order valence-corrected chi connectivity index (χ4v) is 2.60. The minimum absolute atomic E-state index is 0.388. The number of nitrogens with two attached hydrogens (primary N) is 1. The van der Waals surface area contributed by atoms with Gasteiger partial charge in [0.25, 0.3) is 0 Å². The van der Waals surface area contributed by atoms with Crippen LogP contribution in [0.4, 0.5) is 0 Å². The maximum Gasteiger partial charge on any atom is 0.322 e. The fraction of sp³-hybridized carbons (Fsp3) is 0.381. The van der Waals surface area contributed by atoms with Crippen molar-refractivity contribution in [2.45, 2.75) is 32.9 Å². The second-order valence-corrected chi connectivity index (χ2v) is 5.92. The zero-order valence-corrected chi connectivity index (χ0v) is 16.1. The first kappa shape index (κ1) is 20.6. The molecule has 0 spiro atoms. The van der Waals surface area contributed by atoms with Gasteiger partial charge in [0, 0.05) is 0 Å². The van der Waals surface area contributed by atoms with Crippen molar-refractivity contribution in [2.24, 2.45) is 5.73 Å². The van der Waals surface area contributed by atoms with Crippen molar-refractivity contribution >= 4 is 5.97 Å². The lowest BCUT2D eigenvalue weighted by Gasteiger charge is -2.14. The summed E-state index contributed by atoms with van der Waals surface area (Å²) in [4.78, 5) is 11.5. The molecule has 0 aliphatic heterocycles. The molecule has 0 fully saturated rings. The second-order valence-electron chi connectivity index (χ2n) is 5.92. The highest BCUT2D eigenvalue weighted by atomic mass is 16.5. The van der Waals surface area contributed by atoms with Gasteiger partial charge in [0.2, 0.25) is 0 Å². The molecule has 0 aliphatic rings. The maximum atomic E-state index is 11.5. The van der Waals surface area contributed by atoms with Crippen molar-refractivity contribution in [3.05, 3.63) is 53.6 Å². The number of rotatable bonds is 10. The molecule has 0 aromatic heterocycles. The average molecular weight is 373 g/mol. The van der Waals surface area contributed by atoms with E-state index in [0.717, 1.165) is 16.9 Å². The Morgan fingerprint density at radius 3 is 2.41 bits per heavy atom. The summed E-state index contributed by atoms with van der Waals surface area (Å²) in [7, 11) is 1.33. The zero-order chi connectivity index (χ0) is 19.6. The third-order valence-electron chi connectivity index (χ3n) is 3.87. The van der Waals surface area contributed by atoms with Gasteiger partial charge in [0.15, 0.2) is 11.5 Å². The van der Waals surface area contributed by atoms with Gasteiger partial charge in [-0.25, -0.2) is 0 Å². The normalized spacial score (nSPS) is 11.6. The summed E-state index contributed by atoms with van der Waals surface area (Å²) in [6, 6.07) is 12.6. The first-order valence-corrected chi connectivity index (χ1v) is 9.01. The van der Waals surface area contributed by atoms with E-state index in [2.05, 4.69) is 4.74 Å². The van der Waals surface area contributed by atoms with Gasteiger partial charge in [-0.15, -0.1) is 0 Å². The molecule has 1 atom stereocenters. The molecule has 0 saturated carbocycles. The number of carbonyl (C=O) groups is 1. The Hall–Kier alpha value is -2.73. The van der Waals surface area contributed by atoms with Crippen LogP contribution < -0.4 is 19.9 Å². The Morgan fingerprint density at radius 1 is 0.963 bits per heavy atom. The van der Waals surface area contributed by atoms with Crippen LogP contribution in [0.1, 0.15) is 25.0 Å². The highest BCUT2D eigenvalue weighted by Crippen LogP contribution is 2.29. The molecule has 2 N–H and O–H groups in total. The molecule has 6 nitrogen and oxygen atoms in total. The van der Waals surface area contributed by atoms with Gasteiger partial charge in [0.05, 0.1) is 20.3 Å². The van der Waals surface area contributed by atoms with Crippen molar-refractivity contribution in [2.75, 3.05) is 20.3 Å². The predicted molar refractivity (Wildman–Crippen MR) is 103 cm³/mol. The van der Waals surface area contributed by atoms with Gasteiger partial charge in [-0.1, -0.05) is 18.2 Å². The topological polar surface area (TPSA) is 80.0 Å². The average Bonchev–Trinajstić information content (AvgIpc) is 2.68. The van der Waals surface area contributed by atoms with E-state index in [-0.39, 0.29) is 0 Å². The maximum absolute atomic E-state index is 11.5. The molecule has 2 aromatic rings. The van der Waals surface area contributed by atoms with Crippen LogP contribution in [-0.2, 0) is 22.6 Å². The third-order valence-corrected chi connectivity index (χ3v) is 3.87. The van der Waals surface area contributed by atoms with Crippen LogP contribution in [0.5, 0.6) is 17.2 Å². The lowest BCUT2D eigenvalue weighted by molar-refractivity contribution is -0.142. The molecule has 0 radical (unpaired) electrons. The highest BCUT2D eigenvalue weighted by molar-refractivity contribution is 5.75. The van der Waals surface area contributed by atoms with Crippen molar-refractivity contribution in [3.8, 4) is 17.2 Å². The highest BCUT2D eigenvalue weighted by Gasteiger charge is 2.14. The Morgan fingerprint density at radius 2 is 1.70 bits per heavy atom. The predicted octanol–water partition coefficient (Wildman–Crippen LogP) is 3.11. The van der Waals surface area contributed by atoms with E-state index < -0.39 is 12.0 Å². The van der Waals surface area contributed by atoms with Gasteiger partial charge in [-0.05, 0) is 55.7 Å². The third kappa shape index (κ3) is 6.18. The van der Waals surface area contributed by atoms with Crippen LogP contribution in [0.15, 0.2) is 42.5 Å². The molecule has 27 heavy (non-hydrogen) atoms. The van der Waals surface area contributed by atoms with Crippen molar-refractivity contribution in [1.29, 1.82) is 0 Å². The van der Waals surface area contributed by atoms with E-state index in [1.807, 2.05) is 56.3 Å². The lowest BCUT2D eigenvalue weighted by Crippen LogP contribution is -2.33. The van der Waals surface area contributed by atoms with Crippen molar-refractivity contribution < 1.29 is 23.7 Å². The van der Waals surface area contributed by atoms with Crippen LogP contribution in [0.25, 0.3) is 0 Å². The molecule has 0 bridgehead atoms. The number of benzene rings is 2. The largest absolute Gasteiger partial charge is 0.490 e. The minimum Gasteiger partial charge on any atom is -0.490 e. The zero-order valence-electron chi connectivity index (χ0n) is 16.1. The number of esters is 1. The van der Waals surface area contributed by atoms with Crippen LogP contribution in [0, 0.1) is 0 Å². The summed E-state index contributed by atoms with van der Waals surface area (Å²) in [5.41, 5.74) is 7.70. The lowest BCUT2D eigenvalue weighted by atomic mass is 10.1. The number of carbonyl (C=O) groups excluding carboxylic acids is 1. The van der Waals surface area contributed by atoms with Gasteiger partial charge < -0.3 is 24.7 Å². The Bertz CT molecular complexity index is 747. The van der Waals surface area contributed by atoms with Crippen molar-refractivity contribution in [1.82, 2.24) is 0 Å². The molecule has 0 saturated heterocycles. The SMILES string of the molecule is CCOc1ccc(COc2cccc(CC(N)C(=O)OC)c2)cc1OCC. The Labute approximate surface area is 160 Å². The smallest absolute Gasteiger partial charge is 0.322 e. The molecule has 2 rings (SSSR count). The van der Waals surface area contributed by atoms with Crippen LogP contribution in [0.3, 0.4) is 0 Å². The molecular weight excluding hydrogens is 346 g/mol. The van der Waals surface area contributed by atoms with E-state index >= 15 is 0 Å². The molecule has 146 valence electrons. The number of ether oxygens (including phenoxy) is 4.